The molecule has 133 heavy (non-hydrogen) atoms. The molecule has 0 saturated carbocycles. The molecule has 2 aliphatic heterocycles. The number of fused-ring (bicyclic) bond motifs is 24. The topological polar surface area (TPSA) is 342 Å². The van der Waals surface area contributed by atoms with E-state index in [1.165, 1.54) is 0 Å². The van der Waals surface area contributed by atoms with Crippen molar-refractivity contribution in [2.24, 2.45) is 0 Å². The first-order valence-electron chi connectivity index (χ1n) is 44.1. The van der Waals surface area contributed by atoms with E-state index >= 15 is 0 Å². The Labute approximate surface area is 779 Å². The van der Waals surface area contributed by atoms with E-state index in [1.54, 1.807) is 24.8 Å². The molecule has 8 bridgehead atoms. The van der Waals surface area contributed by atoms with Crippen LogP contribution in [0.1, 0.15) is 0 Å². The Balaban J connectivity index is 0.0000129. The van der Waals surface area contributed by atoms with Crippen molar-refractivity contribution in [1.82, 2.24) is 59.8 Å². The Morgan fingerprint density at radius 1 is 0.188 bits per heavy atom. The summed E-state index contributed by atoms with van der Waals surface area (Å²) in [6, 6.07) is 61.7. The summed E-state index contributed by atoms with van der Waals surface area (Å²) in [6.45, 7) is 10.3. The first-order chi connectivity index (χ1) is 65.6. The summed E-state index contributed by atoms with van der Waals surface area (Å²) < 4.78 is 121. The molecule has 0 atom stereocenters. The molecule has 33 heteroatoms. The number of hydrogen-bond acceptors (Lipinski definition) is 30. The number of benzene rings is 8. The molecule has 0 fully saturated rings. The van der Waals surface area contributed by atoms with Crippen LogP contribution in [0.25, 0.3) is 133 Å². The van der Waals surface area contributed by atoms with Crippen LogP contribution in [-0.4, -0.2) is 261 Å². The van der Waals surface area contributed by atoms with Gasteiger partial charge >= 0.3 is 19.5 Å². The summed E-state index contributed by atoms with van der Waals surface area (Å²) in [5.74, 6) is 5.79. The third-order valence-corrected chi connectivity index (χ3v) is 20.9. The fourth-order valence-corrected chi connectivity index (χ4v) is 14.8. The first kappa shape index (κ1) is 93.5. The summed E-state index contributed by atoms with van der Waals surface area (Å²) in [4.78, 5) is 60.3. The van der Waals surface area contributed by atoms with Gasteiger partial charge in [0, 0.05) is 90.8 Å². The van der Waals surface area contributed by atoms with Crippen molar-refractivity contribution in [3.63, 3.8) is 0 Å². The van der Waals surface area contributed by atoms with Crippen molar-refractivity contribution in [2.75, 3.05) is 211 Å². The Bertz CT molecular complexity index is 6080. The molecular formula is C100H100N12O20Zn. The monoisotopic (exact) mass is 1850 g/mol. The van der Waals surface area contributed by atoms with E-state index in [9.17, 15) is 0 Å². The Hall–Kier alpha value is -12.7. The largest absolute Gasteiger partial charge is 2.00 e. The van der Waals surface area contributed by atoms with Gasteiger partial charge in [0.15, 0.2) is 0 Å². The number of ether oxygens (including phenoxy) is 20. The molecule has 0 N–H and O–H groups in total. The van der Waals surface area contributed by atoms with E-state index < -0.39 is 0 Å². The van der Waals surface area contributed by atoms with E-state index in [0.717, 1.165) is 43.6 Å². The molecule has 0 amide bonds. The molecule has 0 spiro atoms. The maximum Gasteiger partial charge on any atom is 2.00 e. The molecule has 0 unspecified atom stereocenters. The van der Waals surface area contributed by atoms with E-state index in [1.807, 2.05) is 194 Å². The van der Waals surface area contributed by atoms with Gasteiger partial charge in [0.25, 0.3) is 0 Å². The minimum atomic E-state index is 0. The van der Waals surface area contributed by atoms with Crippen molar-refractivity contribution in [1.29, 1.82) is 0 Å². The number of para-hydroxylation sites is 4. The predicted molar refractivity (Wildman–Crippen MR) is 495 cm³/mol. The minimum Gasteiger partial charge on any atom is -0.491 e. The van der Waals surface area contributed by atoms with Crippen molar-refractivity contribution >= 4 is 87.7 Å². The molecule has 0 radical (unpaired) electrons. The third-order valence-electron chi connectivity index (χ3n) is 20.9. The van der Waals surface area contributed by atoms with Crippen LogP contribution in [0.3, 0.4) is 0 Å². The number of pyridine rings is 4. The van der Waals surface area contributed by atoms with Crippen molar-refractivity contribution in [2.45, 2.75) is 0 Å². The maximum atomic E-state index is 6.63. The molecule has 15 aromatic rings. The fraction of sp³-hybridized carbons (Fsp3) is 0.320. The number of hydrogen-bond donors (Lipinski definition) is 0. The zero-order chi connectivity index (χ0) is 89.2. The second kappa shape index (κ2) is 49.7. The summed E-state index contributed by atoms with van der Waals surface area (Å²) >= 11 is 0. The van der Waals surface area contributed by atoms with Crippen LogP contribution in [0, 0.1) is 0 Å². The first-order valence-corrected chi connectivity index (χ1v) is 44.1. The average Bonchev–Trinajstić information content (AvgIpc) is 1.59. The van der Waals surface area contributed by atoms with Gasteiger partial charge in [-0.1, -0.05) is 121 Å². The summed E-state index contributed by atoms with van der Waals surface area (Å²) in [5, 5.41) is 6.36. The van der Waals surface area contributed by atoms with E-state index in [4.69, 9.17) is 135 Å². The summed E-state index contributed by atoms with van der Waals surface area (Å²) in [5.41, 5.74) is 6.63. The molecule has 32 nitrogen and oxygen atoms in total. The van der Waals surface area contributed by atoms with Crippen LogP contribution >= 0.6 is 0 Å². The summed E-state index contributed by atoms with van der Waals surface area (Å²) in [7, 11) is 0. The van der Waals surface area contributed by atoms with E-state index in [2.05, 4.69) is 19.9 Å². The van der Waals surface area contributed by atoms with Crippen LogP contribution in [0.15, 0.2) is 219 Å². The number of rotatable bonds is 56. The average molecular weight is 1860 g/mol. The maximum absolute atomic E-state index is 6.63. The van der Waals surface area contributed by atoms with Gasteiger partial charge in [0.05, 0.1) is 193 Å². The van der Waals surface area contributed by atoms with Gasteiger partial charge in [0.2, 0.25) is 0 Å². The van der Waals surface area contributed by atoms with Crippen molar-refractivity contribution in [3.05, 3.63) is 219 Å². The normalized spacial score (nSPS) is 11.7. The van der Waals surface area contributed by atoms with Gasteiger partial charge in [-0.15, -0.1) is 0 Å². The molecular weight excluding hydrogens is 1750 g/mol. The van der Waals surface area contributed by atoms with Gasteiger partial charge in [-0.05, 0) is 83.6 Å². The second-order valence-corrected chi connectivity index (χ2v) is 29.7. The molecule has 0 aliphatic carbocycles. The van der Waals surface area contributed by atoms with Gasteiger partial charge in [-0.3, -0.25) is 19.9 Å². The Morgan fingerprint density at radius 3 is 0.677 bits per heavy atom. The standard InChI is InChI=1S/C100H100N12O20.Zn/c1-13-69-17-9-33-101-89(69)81(29-1)129-65-57-121-49-41-113-37-45-117-53-61-125-77-25-5-21-73-85(77)97-105-93(73)110-98-87-75(23-7-27-79(87)127-63-55-119-47-39-115-43-51-123-59-67-131-83-31-3-15-71-19-11-35-103-91(71)83)95(107-98)112-100-88-76(24-8-28-80(88)128-64-56-120-48-40-116-44-52-124-60-68-132-84-32-4-16-72-20-12-36-104-92(72)84)96(108-100)111-99-86-74(94(106-99)109-97)22-6-26-78(86)126-62-54-118-46-38-114-42-50-122-58-66-130-82-30-2-14-70-18-10-34-102-90(70)82;/h1-36H,37-68H2;/q-2;+2. The van der Waals surface area contributed by atoms with Gasteiger partial charge in [-0.25, -0.2) is 9.97 Å². The fourth-order valence-electron chi connectivity index (χ4n) is 14.8. The van der Waals surface area contributed by atoms with Gasteiger partial charge in [0.1, 0.15) is 121 Å². The SMILES string of the molecule is [Zn+2].c1cc(OCCOCCOCCOCCOc2cccc3cccnc23)c2c(c1)-c1nc-2nc2[n-]c(nc3nc(nc4[n-]c(n1)c1c(OCCOCCOCCOCCOc5cccc6cccnc56)cccc41)-c1c(OCCOCCOCCOCCOc4cccc5cccnc45)cccc1-3)c1c(OCCOCCOCCOCCOc3cccc4cccnc34)cccc21. The second-order valence-electron chi connectivity index (χ2n) is 29.7. The predicted octanol–water partition coefficient (Wildman–Crippen LogP) is 14.3. The smallest absolute Gasteiger partial charge is 0.491 e. The molecule has 8 aromatic carbocycles. The summed E-state index contributed by atoms with van der Waals surface area (Å²) in [6.07, 6.45) is 7.01. The molecule has 2 aliphatic rings. The van der Waals surface area contributed by atoms with E-state index in [-0.39, 0.29) is 118 Å². The molecule has 682 valence electrons. The van der Waals surface area contributed by atoms with Crippen molar-refractivity contribution in [3.8, 4) is 91.5 Å². The van der Waals surface area contributed by atoms with E-state index in [0.29, 0.717) is 248 Å². The number of nitrogens with zero attached hydrogens (tertiary/aromatic N) is 12. The van der Waals surface area contributed by atoms with Crippen LogP contribution in [0.5, 0.6) is 46.0 Å². The Kier molecular flexibility index (Phi) is 34.9. The quantitative estimate of drug-likeness (QED) is 0.0252. The van der Waals surface area contributed by atoms with Crippen LogP contribution in [-0.2, 0) is 76.3 Å². The molecule has 17 rings (SSSR count). The third kappa shape index (κ3) is 25.2. The molecule has 7 aromatic heterocycles. The van der Waals surface area contributed by atoms with Crippen LogP contribution < -0.4 is 47.9 Å². The van der Waals surface area contributed by atoms with Crippen LogP contribution in [0.4, 0.5) is 0 Å². The molecule has 0 saturated heterocycles. The zero-order valence-corrected chi connectivity index (χ0v) is 76.6. The van der Waals surface area contributed by atoms with Gasteiger partial charge < -0.3 is 125 Å². The minimum absolute atomic E-state index is 0. The van der Waals surface area contributed by atoms with Crippen LogP contribution in [0.2, 0.25) is 0 Å². The Morgan fingerprint density at radius 2 is 0.398 bits per heavy atom. The van der Waals surface area contributed by atoms with Gasteiger partial charge in [-0.2, -0.15) is 0 Å². The number of aromatic nitrogens is 12. The van der Waals surface area contributed by atoms with Crippen molar-refractivity contribution < 1.29 is 114 Å². The zero-order valence-electron chi connectivity index (χ0n) is 73.7. The molecule has 9 heterocycles.